The molecule has 0 atom stereocenters. The van der Waals surface area contributed by atoms with Crippen LogP contribution in [0.4, 0.5) is 5.69 Å². The van der Waals surface area contributed by atoms with Crippen LogP contribution in [0.25, 0.3) is 0 Å². The van der Waals surface area contributed by atoms with E-state index in [1.165, 1.54) is 6.20 Å². The van der Waals surface area contributed by atoms with Gasteiger partial charge in [0.2, 0.25) is 5.76 Å². The molecule has 9 nitrogen and oxygen atoms in total. The normalized spacial score (nSPS) is 10.4. The number of carboxylic acid groups (broad SMARTS) is 1. The van der Waals surface area contributed by atoms with Crippen molar-refractivity contribution in [3.8, 4) is 0 Å². The number of carbonyl (C=O) groups is 2. The minimum atomic E-state index is -1.29. The number of aromatic nitrogens is 3. The Hall–Kier alpha value is -2.68. The number of amides is 1. The highest BCUT2D eigenvalue weighted by Crippen LogP contribution is 2.09. The Morgan fingerprint density at radius 3 is 3.00 bits per heavy atom. The summed E-state index contributed by atoms with van der Waals surface area (Å²) in [7, 11) is 1.58. The lowest BCUT2D eigenvalue weighted by Gasteiger charge is -1.99. The number of hydrogen-bond acceptors (Lipinski definition) is 6. The average Bonchev–Trinajstić information content (AvgIpc) is 3.05. The van der Waals surface area contributed by atoms with Crippen molar-refractivity contribution in [1.82, 2.24) is 14.9 Å². The minimum absolute atomic E-state index is 0.118. The summed E-state index contributed by atoms with van der Waals surface area (Å²) in [5.41, 5.74) is 0.345. The van der Waals surface area contributed by atoms with E-state index in [1.54, 1.807) is 18.0 Å². The second-order valence-corrected chi connectivity index (χ2v) is 3.82. The molecule has 9 heteroatoms. The zero-order valence-corrected chi connectivity index (χ0v) is 10.6. The summed E-state index contributed by atoms with van der Waals surface area (Å²) in [5, 5.41) is 18.6. The van der Waals surface area contributed by atoms with Crippen molar-refractivity contribution < 1.29 is 24.0 Å². The topological polar surface area (TPSA) is 119 Å². The lowest BCUT2D eigenvalue weighted by Crippen LogP contribution is -2.12. The second-order valence-electron chi connectivity index (χ2n) is 3.82. The molecular weight excluding hydrogens is 268 g/mol. The molecule has 0 saturated heterocycles. The molecule has 0 aliphatic heterocycles. The molecule has 2 rings (SSSR count). The Balaban J connectivity index is 1.99. The van der Waals surface area contributed by atoms with Crippen molar-refractivity contribution in [2.24, 2.45) is 0 Å². The third-order valence-electron chi connectivity index (χ3n) is 2.37. The fraction of sp³-hybridized carbons (Fsp3) is 0.273. The Morgan fingerprint density at radius 2 is 2.35 bits per heavy atom. The van der Waals surface area contributed by atoms with Crippen LogP contribution in [0.5, 0.6) is 0 Å². The first-order valence-electron chi connectivity index (χ1n) is 5.63. The van der Waals surface area contributed by atoms with Gasteiger partial charge in [-0.15, -0.1) is 0 Å². The van der Waals surface area contributed by atoms with Gasteiger partial charge in [-0.1, -0.05) is 5.16 Å². The van der Waals surface area contributed by atoms with E-state index in [0.717, 1.165) is 6.07 Å². The number of hydrogen-bond donors (Lipinski definition) is 2. The van der Waals surface area contributed by atoms with Gasteiger partial charge in [-0.3, -0.25) is 9.48 Å². The molecule has 0 saturated carbocycles. The zero-order valence-electron chi connectivity index (χ0n) is 10.6. The van der Waals surface area contributed by atoms with Crippen LogP contribution in [-0.4, -0.2) is 45.6 Å². The van der Waals surface area contributed by atoms with Crippen LogP contribution in [0.15, 0.2) is 23.0 Å². The van der Waals surface area contributed by atoms with E-state index < -0.39 is 17.6 Å². The fourth-order valence-electron chi connectivity index (χ4n) is 1.41. The van der Waals surface area contributed by atoms with Gasteiger partial charge in [-0.2, -0.15) is 5.10 Å². The maximum absolute atomic E-state index is 11.8. The number of anilines is 1. The molecule has 0 bridgehead atoms. The molecule has 20 heavy (non-hydrogen) atoms. The van der Waals surface area contributed by atoms with Crippen molar-refractivity contribution in [1.29, 1.82) is 0 Å². The molecule has 0 aliphatic rings. The van der Waals surface area contributed by atoms with E-state index in [0.29, 0.717) is 18.8 Å². The second kappa shape index (κ2) is 5.97. The Bertz CT molecular complexity index is 618. The zero-order chi connectivity index (χ0) is 14.5. The molecule has 0 aliphatic carbocycles. The summed E-state index contributed by atoms with van der Waals surface area (Å²) in [6, 6.07) is 1.05. The highest BCUT2D eigenvalue weighted by molar-refractivity contribution is 6.03. The van der Waals surface area contributed by atoms with Crippen LogP contribution < -0.4 is 5.32 Å². The largest absolute Gasteiger partial charge is 0.475 e. The average molecular weight is 280 g/mol. The van der Waals surface area contributed by atoms with Crippen molar-refractivity contribution in [3.63, 3.8) is 0 Å². The van der Waals surface area contributed by atoms with Gasteiger partial charge in [0, 0.05) is 19.4 Å². The van der Waals surface area contributed by atoms with Gasteiger partial charge in [0.25, 0.3) is 5.91 Å². The van der Waals surface area contributed by atoms with Gasteiger partial charge in [-0.25, -0.2) is 4.79 Å². The Labute approximate surface area is 113 Å². The molecule has 0 radical (unpaired) electrons. The predicted octanol–water partition coefficient (Wildman–Crippen LogP) is 0.468. The number of nitrogens with one attached hydrogen (secondary N) is 1. The molecule has 0 unspecified atom stereocenters. The van der Waals surface area contributed by atoms with Crippen molar-refractivity contribution in [2.45, 2.75) is 6.54 Å². The lowest BCUT2D eigenvalue weighted by molar-refractivity contribution is 0.0651. The van der Waals surface area contributed by atoms with E-state index in [2.05, 4.69) is 20.1 Å². The molecule has 0 aromatic carbocycles. The van der Waals surface area contributed by atoms with Crippen molar-refractivity contribution in [2.75, 3.05) is 19.0 Å². The number of ether oxygens (including phenoxy) is 1. The number of aromatic carboxylic acids is 1. The van der Waals surface area contributed by atoms with Gasteiger partial charge >= 0.3 is 5.97 Å². The van der Waals surface area contributed by atoms with Gasteiger partial charge in [-0.05, 0) is 0 Å². The van der Waals surface area contributed by atoms with Crippen molar-refractivity contribution >= 4 is 17.6 Å². The van der Waals surface area contributed by atoms with E-state index in [-0.39, 0.29) is 5.69 Å². The molecule has 2 N–H and O–H groups in total. The van der Waals surface area contributed by atoms with Gasteiger partial charge in [0.05, 0.1) is 25.0 Å². The Kier molecular flexibility index (Phi) is 4.11. The maximum atomic E-state index is 11.8. The van der Waals surface area contributed by atoms with E-state index in [4.69, 9.17) is 9.84 Å². The molecule has 106 valence electrons. The highest BCUT2D eigenvalue weighted by Gasteiger charge is 2.17. The molecule has 1 amide bonds. The summed E-state index contributed by atoms with van der Waals surface area (Å²) in [4.78, 5) is 22.4. The van der Waals surface area contributed by atoms with Crippen LogP contribution in [0.1, 0.15) is 21.0 Å². The van der Waals surface area contributed by atoms with E-state index in [9.17, 15) is 9.59 Å². The molecule has 2 aromatic rings. The number of carbonyl (C=O) groups excluding carboxylic acids is 1. The van der Waals surface area contributed by atoms with E-state index in [1.807, 2.05) is 0 Å². The van der Waals surface area contributed by atoms with Crippen LogP contribution in [0.2, 0.25) is 0 Å². The molecule has 0 fully saturated rings. The number of carboxylic acids is 1. The summed E-state index contributed by atoms with van der Waals surface area (Å²) in [6.07, 6.45) is 3.08. The highest BCUT2D eigenvalue weighted by atomic mass is 16.5. The van der Waals surface area contributed by atoms with Crippen LogP contribution >= 0.6 is 0 Å². The minimum Gasteiger partial charge on any atom is -0.475 e. The number of methoxy groups -OCH3 is 1. The van der Waals surface area contributed by atoms with Crippen LogP contribution in [-0.2, 0) is 11.3 Å². The van der Waals surface area contributed by atoms with Gasteiger partial charge in [0.15, 0.2) is 5.69 Å². The van der Waals surface area contributed by atoms with Gasteiger partial charge < -0.3 is 19.7 Å². The van der Waals surface area contributed by atoms with Crippen LogP contribution in [0, 0.1) is 0 Å². The van der Waals surface area contributed by atoms with Gasteiger partial charge in [0.1, 0.15) is 0 Å². The smallest absolute Gasteiger partial charge is 0.374 e. The first-order chi connectivity index (χ1) is 9.60. The van der Waals surface area contributed by atoms with Crippen molar-refractivity contribution in [3.05, 3.63) is 29.9 Å². The number of rotatable bonds is 6. The number of nitrogens with zero attached hydrogens (tertiary/aromatic N) is 3. The third-order valence-corrected chi connectivity index (χ3v) is 2.37. The first-order valence-corrected chi connectivity index (χ1v) is 5.63. The SMILES string of the molecule is COCCn1cc(NC(=O)c2cc(C(=O)O)on2)cn1. The Morgan fingerprint density at radius 1 is 1.55 bits per heavy atom. The van der Waals surface area contributed by atoms with Crippen LogP contribution in [0.3, 0.4) is 0 Å². The summed E-state index contributed by atoms with van der Waals surface area (Å²) in [5.74, 6) is -2.26. The first kappa shape index (κ1) is 13.7. The summed E-state index contributed by atoms with van der Waals surface area (Å²) in [6.45, 7) is 1.06. The quantitative estimate of drug-likeness (QED) is 0.789. The molecular formula is C11H12N4O5. The standard InChI is InChI=1S/C11H12N4O5/c1-19-3-2-15-6-7(5-12-15)13-10(16)8-4-9(11(17)18)20-14-8/h4-6H,2-3H2,1H3,(H,13,16)(H,17,18). The summed E-state index contributed by atoms with van der Waals surface area (Å²) >= 11 is 0. The predicted molar refractivity (Wildman–Crippen MR) is 65.5 cm³/mol. The molecule has 2 aromatic heterocycles. The maximum Gasteiger partial charge on any atom is 0.374 e. The fourth-order valence-corrected chi connectivity index (χ4v) is 1.41. The summed E-state index contributed by atoms with van der Waals surface area (Å²) < 4.78 is 11.0. The molecule has 0 spiro atoms. The lowest BCUT2D eigenvalue weighted by atomic mass is 10.3. The third kappa shape index (κ3) is 3.20. The van der Waals surface area contributed by atoms with E-state index >= 15 is 0 Å². The molecule has 2 heterocycles. The monoisotopic (exact) mass is 280 g/mol.